The molecule has 1 N–H and O–H groups in total. The summed E-state index contributed by atoms with van der Waals surface area (Å²) in [4.78, 5) is 0.619. The van der Waals surface area contributed by atoms with Crippen molar-refractivity contribution < 1.29 is 5.11 Å². The van der Waals surface area contributed by atoms with E-state index in [-0.39, 0.29) is 0 Å². The Bertz CT molecular complexity index is 474. The molecule has 1 nitrogen and oxygen atoms in total. The fourth-order valence-electron chi connectivity index (χ4n) is 5.04. The van der Waals surface area contributed by atoms with Gasteiger partial charge in [-0.25, -0.2) is 0 Å². The highest BCUT2D eigenvalue weighted by atomic mass is 79.9. The first kappa shape index (κ1) is 18.3. The Kier molecular flexibility index (Phi) is 5.06. The molecule has 0 unspecified atom stereocenters. The van der Waals surface area contributed by atoms with Crippen molar-refractivity contribution in [1.29, 1.82) is 0 Å². The Morgan fingerprint density at radius 3 is 2.59 bits per heavy atom. The molecule has 2 rings (SSSR count). The standard InChI is InChI=1S/C20H33BrO/c1-7-19(5,22)12-10-15-14(2)8-9-16-18(3,4)17(21)11-13-20(15,16)6/h7,16-17,22H,1,8-13H2,2-6H3/t16-,17-,19+,20+/m1/s1. The third kappa shape index (κ3) is 3.11. The van der Waals surface area contributed by atoms with Crippen LogP contribution in [-0.4, -0.2) is 15.5 Å². The van der Waals surface area contributed by atoms with E-state index in [4.69, 9.17) is 0 Å². The molecule has 0 bridgehead atoms. The fraction of sp³-hybridized carbons (Fsp3) is 0.800. The molecule has 0 radical (unpaired) electrons. The summed E-state index contributed by atoms with van der Waals surface area (Å²) in [6, 6.07) is 0. The molecular formula is C20H33BrO. The molecule has 0 saturated heterocycles. The van der Waals surface area contributed by atoms with Gasteiger partial charge in [0.2, 0.25) is 0 Å². The van der Waals surface area contributed by atoms with Crippen molar-refractivity contribution in [3.8, 4) is 0 Å². The summed E-state index contributed by atoms with van der Waals surface area (Å²) in [5, 5.41) is 10.3. The van der Waals surface area contributed by atoms with Gasteiger partial charge in [-0.05, 0) is 69.1 Å². The van der Waals surface area contributed by atoms with Gasteiger partial charge in [-0.3, -0.25) is 0 Å². The van der Waals surface area contributed by atoms with Gasteiger partial charge in [0.25, 0.3) is 0 Å². The number of allylic oxidation sites excluding steroid dienone is 2. The third-order valence-electron chi connectivity index (χ3n) is 6.73. The largest absolute Gasteiger partial charge is 0.386 e. The normalized spacial score (nSPS) is 37.4. The van der Waals surface area contributed by atoms with E-state index in [0.717, 1.165) is 18.8 Å². The summed E-state index contributed by atoms with van der Waals surface area (Å²) in [6.45, 7) is 15.3. The van der Waals surface area contributed by atoms with E-state index in [2.05, 4.69) is 50.2 Å². The molecule has 0 amide bonds. The number of halogens is 1. The summed E-state index contributed by atoms with van der Waals surface area (Å²) in [7, 11) is 0. The highest BCUT2D eigenvalue weighted by Gasteiger charge is 2.53. The minimum Gasteiger partial charge on any atom is -0.386 e. The maximum atomic E-state index is 10.3. The maximum absolute atomic E-state index is 10.3. The lowest BCUT2D eigenvalue weighted by molar-refractivity contribution is 0.0151. The molecule has 0 aromatic heterocycles. The Balaban J connectivity index is 2.30. The number of fused-ring (bicyclic) bond motifs is 1. The number of rotatable bonds is 4. The average Bonchev–Trinajstić information content (AvgIpc) is 2.42. The second kappa shape index (κ2) is 6.09. The summed E-state index contributed by atoms with van der Waals surface area (Å²) in [6.07, 6.45) is 8.50. The summed E-state index contributed by atoms with van der Waals surface area (Å²) in [5.41, 5.74) is 3.08. The number of alkyl halides is 1. The topological polar surface area (TPSA) is 20.2 Å². The van der Waals surface area contributed by atoms with Gasteiger partial charge in [0.15, 0.2) is 0 Å². The van der Waals surface area contributed by atoms with E-state index >= 15 is 0 Å². The molecule has 0 aliphatic heterocycles. The van der Waals surface area contributed by atoms with Crippen LogP contribution in [-0.2, 0) is 0 Å². The SMILES string of the molecule is C=C[C@](C)(O)CCC1=C(C)CC[C@@H]2C(C)(C)[C@H](Br)CC[C@@]12C. The van der Waals surface area contributed by atoms with Crippen molar-refractivity contribution in [1.82, 2.24) is 0 Å². The van der Waals surface area contributed by atoms with Gasteiger partial charge < -0.3 is 5.11 Å². The number of hydrogen-bond donors (Lipinski definition) is 1. The Morgan fingerprint density at radius 1 is 1.36 bits per heavy atom. The molecule has 0 aromatic rings. The zero-order valence-corrected chi connectivity index (χ0v) is 16.6. The minimum absolute atomic E-state index is 0.299. The molecule has 2 aliphatic carbocycles. The van der Waals surface area contributed by atoms with Gasteiger partial charge in [0, 0.05) is 4.83 Å². The zero-order chi connectivity index (χ0) is 16.8. The summed E-state index contributed by atoms with van der Waals surface area (Å²) < 4.78 is 0. The number of aliphatic hydroxyl groups is 1. The van der Waals surface area contributed by atoms with Gasteiger partial charge >= 0.3 is 0 Å². The molecule has 22 heavy (non-hydrogen) atoms. The summed E-state index contributed by atoms with van der Waals surface area (Å²) >= 11 is 3.94. The predicted molar refractivity (Wildman–Crippen MR) is 99.3 cm³/mol. The van der Waals surface area contributed by atoms with Crippen LogP contribution in [0.4, 0.5) is 0 Å². The van der Waals surface area contributed by atoms with E-state index in [1.165, 1.54) is 25.7 Å². The van der Waals surface area contributed by atoms with Crippen LogP contribution in [0.25, 0.3) is 0 Å². The lowest BCUT2D eigenvalue weighted by Crippen LogP contribution is -2.50. The second-order valence-corrected chi connectivity index (χ2v) is 9.76. The van der Waals surface area contributed by atoms with E-state index in [1.807, 2.05) is 6.92 Å². The lowest BCUT2D eigenvalue weighted by atomic mass is 9.49. The lowest BCUT2D eigenvalue weighted by Gasteiger charge is -2.57. The number of hydrogen-bond acceptors (Lipinski definition) is 1. The van der Waals surface area contributed by atoms with Gasteiger partial charge in [-0.1, -0.05) is 53.9 Å². The predicted octanol–water partition coefficient (Wildman–Crippen LogP) is 6.02. The second-order valence-electron chi connectivity index (χ2n) is 8.66. The quantitative estimate of drug-likeness (QED) is 0.475. The molecule has 1 saturated carbocycles. The Hall–Kier alpha value is -0.0800. The molecule has 2 heteroatoms. The van der Waals surface area contributed by atoms with E-state index < -0.39 is 5.60 Å². The van der Waals surface area contributed by atoms with Crippen LogP contribution >= 0.6 is 15.9 Å². The van der Waals surface area contributed by atoms with Crippen LogP contribution in [0.3, 0.4) is 0 Å². The van der Waals surface area contributed by atoms with Crippen molar-refractivity contribution >= 4 is 15.9 Å². The zero-order valence-electron chi connectivity index (χ0n) is 15.0. The fourth-order valence-corrected chi connectivity index (χ4v) is 5.59. The van der Waals surface area contributed by atoms with Crippen molar-refractivity contribution in [3.63, 3.8) is 0 Å². The van der Waals surface area contributed by atoms with Gasteiger partial charge in [0.1, 0.15) is 0 Å². The highest BCUT2D eigenvalue weighted by Crippen LogP contribution is 2.61. The summed E-state index contributed by atoms with van der Waals surface area (Å²) in [5.74, 6) is 0.727. The van der Waals surface area contributed by atoms with Crippen molar-refractivity contribution in [2.45, 2.75) is 83.6 Å². The van der Waals surface area contributed by atoms with Crippen LogP contribution in [0, 0.1) is 16.7 Å². The van der Waals surface area contributed by atoms with E-state index in [1.54, 1.807) is 17.2 Å². The average molecular weight is 369 g/mol. The van der Waals surface area contributed by atoms with Crippen molar-refractivity contribution in [2.24, 2.45) is 16.7 Å². The molecule has 0 heterocycles. The molecule has 0 aromatic carbocycles. The van der Waals surface area contributed by atoms with Gasteiger partial charge in [-0.2, -0.15) is 0 Å². The highest BCUT2D eigenvalue weighted by molar-refractivity contribution is 9.09. The molecule has 2 aliphatic rings. The molecular weight excluding hydrogens is 336 g/mol. The van der Waals surface area contributed by atoms with Gasteiger partial charge in [-0.15, -0.1) is 6.58 Å². The van der Waals surface area contributed by atoms with Crippen LogP contribution < -0.4 is 0 Å². The molecule has 4 atom stereocenters. The van der Waals surface area contributed by atoms with Crippen LogP contribution in [0.5, 0.6) is 0 Å². The smallest absolute Gasteiger partial charge is 0.0800 e. The first-order valence-corrected chi connectivity index (χ1v) is 9.65. The Morgan fingerprint density at radius 2 is 2.00 bits per heavy atom. The van der Waals surface area contributed by atoms with Crippen molar-refractivity contribution in [2.75, 3.05) is 0 Å². The van der Waals surface area contributed by atoms with E-state index in [9.17, 15) is 5.11 Å². The monoisotopic (exact) mass is 368 g/mol. The third-order valence-corrected chi connectivity index (χ3v) is 8.36. The molecule has 126 valence electrons. The Labute approximate surface area is 145 Å². The minimum atomic E-state index is -0.751. The van der Waals surface area contributed by atoms with Crippen LogP contribution in [0.15, 0.2) is 23.8 Å². The van der Waals surface area contributed by atoms with Crippen LogP contribution in [0.1, 0.15) is 73.1 Å². The first-order valence-electron chi connectivity index (χ1n) is 8.74. The van der Waals surface area contributed by atoms with Crippen LogP contribution in [0.2, 0.25) is 0 Å². The van der Waals surface area contributed by atoms with Crippen molar-refractivity contribution in [3.05, 3.63) is 23.8 Å². The van der Waals surface area contributed by atoms with Gasteiger partial charge in [0.05, 0.1) is 5.60 Å². The molecule has 1 fully saturated rings. The van der Waals surface area contributed by atoms with E-state index in [0.29, 0.717) is 15.7 Å². The first-order chi connectivity index (χ1) is 10.0. The molecule has 0 spiro atoms. The maximum Gasteiger partial charge on any atom is 0.0800 e.